The van der Waals surface area contributed by atoms with Gasteiger partial charge in [-0.25, -0.2) is 0 Å². The van der Waals surface area contributed by atoms with E-state index in [9.17, 15) is 5.26 Å². The SMILES string of the molecule is CCCC1CCN(C(C)CC(C)(C#N)NC2CC2)CC1. The molecule has 1 saturated heterocycles. The zero-order valence-electron chi connectivity index (χ0n) is 13.5. The summed E-state index contributed by atoms with van der Waals surface area (Å²) in [5, 5.41) is 13.0. The molecule has 0 radical (unpaired) electrons. The molecule has 1 aliphatic heterocycles. The topological polar surface area (TPSA) is 39.1 Å². The first-order chi connectivity index (χ1) is 9.56. The first-order valence-electron chi connectivity index (χ1n) is 8.49. The minimum absolute atomic E-state index is 0.346. The van der Waals surface area contributed by atoms with Gasteiger partial charge in [0, 0.05) is 12.1 Å². The van der Waals surface area contributed by atoms with E-state index in [4.69, 9.17) is 0 Å². The third-order valence-electron chi connectivity index (χ3n) is 5.02. The maximum Gasteiger partial charge on any atom is 0.105 e. The number of hydrogen-bond acceptors (Lipinski definition) is 3. The highest BCUT2D eigenvalue weighted by Crippen LogP contribution is 2.28. The fourth-order valence-electron chi connectivity index (χ4n) is 3.63. The lowest BCUT2D eigenvalue weighted by atomic mass is 9.89. The van der Waals surface area contributed by atoms with E-state index in [-0.39, 0.29) is 5.54 Å². The summed E-state index contributed by atoms with van der Waals surface area (Å²) < 4.78 is 0. The van der Waals surface area contributed by atoms with Crippen LogP contribution in [0.15, 0.2) is 0 Å². The van der Waals surface area contributed by atoms with Crippen molar-refractivity contribution < 1.29 is 0 Å². The highest BCUT2D eigenvalue weighted by molar-refractivity contribution is 5.08. The van der Waals surface area contributed by atoms with Gasteiger partial charge in [0.2, 0.25) is 0 Å². The molecule has 1 aliphatic carbocycles. The van der Waals surface area contributed by atoms with Crippen LogP contribution in [0.3, 0.4) is 0 Å². The Balaban J connectivity index is 1.79. The highest BCUT2D eigenvalue weighted by atomic mass is 15.2. The van der Waals surface area contributed by atoms with E-state index < -0.39 is 0 Å². The second kappa shape index (κ2) is 6.91. The molecule has 0 aromatic rings. The van der Waals surface area contributed by atoms with Crippen LogP contribution in [0, 0.1) is 17.2 Å². The van der Waals surface area contributed by atoms with Crippen molar-refractivity contribution in [1.82, 2.24) is 10.2 Å². The van der Waals surface area contributed by atoms with Gasteiger partial charge in [0.25, 0.3) is 0 Å². The Morgan fingerprint density at radius 2 is 1.95 bits per heavy atom. The summed E-state index contributed by atoms with van der Waals surface area (Å²) in [7, 11) is 0. The molecule has 0 bridgehead atoms. The predicted molar refractivity (Wildman–Crippen MR) is 83.5 cm³/mol. The van der Waals surface area contributed by atoms with E-state index in [0.29, 0.717) is 12.1 Å². The third kappa shape index (κ3) is 4.46. The molecule has 114 valence electrons. The lowest BCUT2D eigenvalue weighted by molar-refractivity contribution is 0.119. The van der Waals surface area contributed by atoms with E-state index >= 15 is 0 Å². The summed E-state index contributed by atoms with van der Waals surface area (Å²) in [5.41, 5.74) is -0.346. The van der Waals surface area contributed by atoms with Crippen molar-refractivity contribution in [3.8, 4) is 6.07 Å². The summed E-state index contributed by atoms with van der Waals surface area (Å²) in [6.07, 6.45) is 8.83. The summed E-state index contributed by atoms with van der Waals surface area (Å²) in [6.45, 7) is 9.10. The Labute approximate surface area is 124 Å². The van der Waals surface area contributed by atoms with Crippen LogP contribution < -0.4 is 5.32 Å². The predicted octanol–water partition coefficient (Wildman–Crippen LogP) is 3.31. The molecule has 3 nitrogen and oxygen atoms in total. The van der Waals surface area contributed by atoms with E-state index in [1.165, 1.54) is 51.6 Å². The van der Waals surface area contributed by atoms with Crippen LogP contribution in [-0.4, -0.2) is 35.6 Å². The molecule has 2 aliphatic rings. The average Bonchev–Trinajstić information content (AvgIpc) is 3.23. The van der Waals surface area contributed by atoms with E-state index in [2.05, 4.69) is 37.1 Å². The van der Waals surface area contributed by atoms with Gasteiger partial charge in [-0.15, -0.1) is 0 Å². The number of nitrogens with zero attached hydrogens (tertiary/aromatic N) is 2. The van der Waals surface area contributed by atoms with Gasteiger partial charge in [-0.2, -0.15) is 5.26 Å². The van der Waals surface area contributed by atoms with E-state index in [1.54, 1.807) is 0 Å². The standard InChI is InChI=1S/C17H31N3/c1-4-5-15-8-10-20(11-9-15)14(2)12-17(3,13-18)19-16-6-7-16/h14-16,19H,4-12H2,1-3H3. The van der Waals surface area contributed by atoms with Crippen LogP contribution in [0.5, 0.6) is 0 Å². The molecule has 1 N–H and O–H groups in total. The van der Waals surface area contributed by atoms with Crippen molar-refractivity contribution >= 4 is 0 Å². The number of hydrogen-bond donors (Lipinski definition) is 1. The molecule has 3 heteroatoms. The van der Waals surface area contributed by atoms with Crippen molar-refractivity contribution in [3.05, 3.63) is 0 Å². The summed E-state index contributed by atoms with van der Waals surface area (Å²) >= 11 is 0. The molecule has 0 aromatic carbocycles. The maximum atomic E-state index is 9.49. The molecule has 1 heterocycles. The summed E-state index contributed by atoms with van der Waals surface area (Å²) in [6, 6.07) is 3.62. The Kier molecular flexibility index (Phi) is 5.46. The smallest absolute Gasteiger partial charge is 0.105 e. The van der Waals surface area contributed by atoms with Crippen LogP contribution in [0.25, 0.3) is 0 Å². The quantitative estimate of drug-likeness (QED) is 0.776. The van der Waals surface area contributed by atoms with Crippen LogP contribution in [0.4, 0.5) is 0 Å². The zero-order chi connectivity index (χ0) is 14.6. The number of nitriles is 1. The van der Waals surface area contributed by atoms with Crippen molar-refractivity contribution in [3.63, 3.8) is 0 Å². The molecule has 20 heavy (non-hydrogen) atoms. The molecular weight excluding hydrogens is 246 g/mol. The second-order valence-corrected chi connectivity index (χ2v) is 7.18. The molecule has 2 unspecified atom stereocenters. The minimum Gasteiger partial charge on any atom is -0.301 e. The number of nitrogens with one attached hydrogen (secondary N) is 1. The molecule has 2 fully saturated rings. The van der Waals surface area contributed by atoms with Gasteiger partial charge in [-0.3, -0.25) is 5.32 Å². The Bertz CT molecular complexity index is 337. The number of likely N-dealkylation sites (tertiary alicyclic amines) is 1. The molecule has 0 aromatic heterocycles. The van der Waals surface area contributed by atoms with Crippen LogP contribution >= 0.6 is 0 Å². The van der Waals surface area contributed by atoms with Crippen molar-refractivity contribution in [2.45, 2.75) is 83.3 Å². The molecule has 1 saturated carbocycles. The monoisotopic (exact) mass is 277 g/mol. The molecule has 0 spiro atoms. The fraction of sp³-hybridized carbons (Fsp3) is 0.941. The lowest BCUT2D eigenvalue weighted by Crippen LogP contribution is -2.49. The van der Waals surface area contributed by atoms with Crippen molar-refractivity contribution in [1.29, 1.82) is 5.26 Å². The molecule has 2 atom stereocenters. The van der Waals surface area contributed by atoms with Gasteiger partial charge in [0.15, 0.2) is 0 Å². The van der Waals surface area contributed by atoms with Gasteiger partial charge in [-0.05, 0) is 65.0 Å². The Morgan fingerprint density at radius 1 is 1.30 bits per heavy atom. The molecule has 2 rings (SSSR count). The van der Waals surface area contributed by atoms with Gasteiger partial charge in [0.05, 0.1) is 6.07 Å². The average molecular weight is 277 g/mol. The number of piperidine rings is 1. The minimum atomic E-state index is -0.346. The Hall–Kier alpha value is -0.590. The van der Waals surface area contributed by atoms with Crippen LogP contribution in [-0.2, 0) is 0 Å². The largest absolute Gasteiger partial charge is 0.301 e. The van der Waals surface area contributed by atoms with E-state index in [1.807, 2.05) is 0 Å². The van der Waals surface area contributed by atoms with Crippen molar-refractivity contribution in [2.75, 3.05) is 13.1 Å². The van der Waals surface area contributed by atoms with Crippen LogP contribution in [0.2, 0.25) is 0 Å². The number of rotatable bonds is 7. The van der Waals surface area contributed by atoms with Gasteiger partial charge < -0.3 is 4.90 Å². The summed E-state index contributed by atoms with van der Waals surface area (Å²) in [5.74, 6) is 0.940. The van der Waals surface area contributed by atoms with Gasteiger partial charge in [0.1, 0.15) is 5.54 Å². The normalized spacial score (nSPS) is 25.9. The van der Waals surface area contributed by atoms with Gasteiger partial charge in [-0.1, -0.05) is 19.8 Å². The first kappa shape index (κ1) is 15.8. The Morgan fingerprint density at radius 3 is 2.45 bits per heavy atom. The molecular formula is C17H31N3. The zero-order valence-corrected chi connectivity index (χ0v) is 13.5. The van der Waals surface area contributed by atoms with Gasteiger partial charge >= 0.3 is 0 Å². The summed E-state index contributed by atoms with van der Waals surface area (Å²) in [4.78, 5) is 2.59. The first-order valence-corrected chi connectivity index (χ1v) is 8.49. The second-order valence-electron chi connectivity index (χ2n) is 7.18. The van der Waals surface area contributed by atoms with E-state index in [0.717, 1.165) is 12.3 Å². The highest BCUT2D eigenvalue weighted by Gasteiger charge is 2.35. The van der Waals surface area contributed by atoms with Crippen LogP contribution in [0.1, 0.15) is 65.7 Å². The van der Waals surface area contributed by atoms with Crippen molar-refractivity contribution in [2.24, 2.45) is 5.92 Å². The lowest BCUT2D eigenvalue weighted by Gasteiger charge is -2.38. The fourth-order valence-corrected chi connectivity index (χ4v) is 3.63. The maximum absolute atomic E-state index is 9.49. The third-order valence-corrected chi connectivity index (χ3v) is 5.02. The molecule has 0 amide bonds.